The van der Waals surface area contributed by atoms with Crippen molar-refractivity contribution < 1.29 is 14.0 Å². The Hall–Kier alpha value is -1.49. The van der Waals surface area contributed by atoms with Crippen LogP contribution in [0, 0.1) is 28.6 Å². The van der Waals surface area contributed by atoms with Crippen LogP contribution in [0.3, 0.4) is 0 Å². The van der Waals surface area contributed by atoms with Gasteiger partial charge < -0.3 is 10.2 Å². The number of halogens is 1. The molecule has 158 valence electrons. The molecule has 4 aliphatic carbocycles. The van der Waals surface area contributed by atoms with E-state index in [0.29, 0.717) is 18.3 Å². The van der Waals surface area contributed by atoms with Gasteiger partial charge in [-0.05, 0) is 79.9 Å². The first kappa shape index (κ1) is 19.5. The Morgan fingerprint density at radius 3 is 2.83 bits per heavy atom. The monoisotopic (exact) mass is 400 g/mol. The van der Waals surface area contributed by atoms with E-state index in [-0.39, 0.29) is 23.2 Å². The second-order valence-corrected chi connectivity index (χ2v) is 10.5. The lowest BCUT2D eigenvalue weighted by Crippen LogP contribution is -2.51. The van der Waals surface area contributed by atoms with E-state index < -0.39 is 11.6 Å². The highest BCUT2D eigenvalue weighted by atomic mass is 19.1. The number of oxime groups is 1. The van der Waals surface area contributed by atoms with Crippen LogP contribution in [-0.2, 0) is 9.63 Å². The summed E-state index contributed by atoms with van der Waals surface area (Å²) in [7, 11) is 0. The number of nitrogens with one attached hydrogen (secondary N) is 1. The second-order valence-electron chi connectivity index (χ2n) is 10.5. The molecule has 29 heavy (non-hydrogen) atoms. The van der Waals surface area contributed by atoms with Crippen LogP contribution in [0.1, 0.15) is 58.8 Å². The fourth-order valence-corrected chi connectivity index (χ4v) is 7.26. The third-order valence-electron chi connectivity index (χ3n) is 8.98. The van der Waals surface area contributed by atoms with Gasteiger partial charge in [-0.25, -0.2) is 4.39 Å². The molecule has 0 bridgehead atoms. The summed E-state index contributed by atoms with van der Waals surface area (Å²) in [4.78, 5) is 18.3. The fraction of sp³-hybridized carbons (Fsp3) is 0.750. The lowest BCUT2D eigenvalue weighted by molar-refractivity contribution is -0.134. The molecule has 3 saturated carbocycles. The minimum Gasteiger partial charge on any atom is -0.391 e. The average molecular weight is 401 g/mol. The van der Waals surface area contributed by atoms with Crippen molar-refractivity contribution in [3.8, 4) is 0 Å². The number of ketones is 1. The van der Waals surface area contributed by atoms with E-state index in [4.69, 9.17) is 4.84 Å². The van der Waals surface area contributed by atoms with E-state index >= 15 is 0 Å². The standard InChI is InChI=1S/C24H33FN2O2/c1-14-10-17-18(5-8-24(3)20(17)12-21(25)22(24)28)23(2)7-4-15(11-19(14)23)27-29-16-6-9-26-13-16/h11,16-18,20-21,26H,1,4-10,12-13H2,2-3H3/b27-15+/t16?,17?,18?,20?,21?,23-,24+/m1/s1. The predicted molar refractivity (Wildman–Crippen MR) is 111 cm³/mol. The van der Waals surface area contributed by atoms with Gasteiger partial charge in [0.2, 0.25) is 0 Å². The minimum atomic E-state index is -1.27. The van der Waals surface area contributed by atoms with Crippen molar-refractivity contribution in [3.63, 3.8) is 0 Å². The Labute approximate surface area is 173 Å². The number of carbonyl (C=O) groups excluding carboxylic acids is 1. The summed E-state index contributed by atoms with van der Waals surface area (Å²) in [5.41, 5.74) is 3.07. The Bertz CT molecular complexity index is 799. The van der Waals surface area contributed by atoms with E-state index in [0.717, 1.165) is 62.9 Å². The molecule has 1 heterocycles. The van der Waals surface area contributed by atoms with Gasteiger partial charge in [-0.3, -0.25) is 4.79 Å². The van der Waals surface area contributed by atoms with Crippen LogP contribution in [0.2, 0.25) is 0 Å². The first-order valence-electron chi connectivity index (χ1n) is 11.3. The van der Waals surface area contributed by atoms with Crippen LogP contribution in [0.5, 0.6) is 0 Å². The molecule has 5 aliphatic rings. The number of hydrogen-bond acceptors (Lipinski definition) is 4. The number of Topliss-reactive ketones (excluding diaryl/α,β-unsaturated/α-hetero) is 1. The molecular formula is C24H33FN2O2. The molecule has 0 amide bonds. The molecule has 5 heteroatoms. The SMILES string of the molecule is C=C1CC2C(CC[C@]3(C)C(=O)C(F)CC23)[C@@]2(C)CC/C(=N\OC3CCNC3)C=C12. The zero-order valence-corrected chi connectivity index (χ0v) is 17.7. The molecule has 1 saturated heterocycles. The van der Waals surface area contributed by atoms with Crippen molar-refractivity contribution in [1.82, 2.24) is 5.32 Å². The third-order valence-corrected chi connectivity index (χ3v) is 8.98. The summed E-state index contributed by atoms with van der Waals surface area (Å²) in [5.74, 6) is 0.881. The summed E-state index contributed by atoms with van der Waals surface area (Å²) >= 11 is 0. The highest BCUT2D eigenvalue weighted by Crippen LogP contribution is 2.65. The number of nitrogens with zero attached hydrogens (tertiary/aromatic N) is 1. The van der Waals surface area contributed by atoms with Gasteiger partial charge in [0.25, 0.3) is 0 Å². The molecule has 0 aromatic heterocycles. The predicted octanol–water partition coefficient (Wildman–Crippen LogP) is 4.37. The maximum atomic E-state index is 14.4. The van der Waals surface area contributed by atoms with E-state index in [9.17, 15) is 9.18 Å². The molecule has 0 aromatic rings. The molecular weight excluding hydrogens is 367 g/mol. The summed E-state index contributed by atoms with van der Waals surface area (Å²) in [6.07, 6.45) is 7.20. The van der Waals surface area contributed by atoms with Gasteiger partial charge >= 0.3 is 0 Å². The van der Waals surface area contributed by atoms with Gasteiger partial charge in [0, 0.05) is 18.4 Å². The van der Waals surface area contributed by atoms with Crippen molar-refractivity contribution in [3.05, 3.63) is 23.8 Å². The molecule has 4 nitrogen and oxygen atoms in total. The van der Waals surface area contributed by atoms with Gasteiger partial charge in [-0.2, -0.15) is 0 Å². The second kappa shape index (κ2) is 6.76. The van der Waals surface area contributed by atoms with Crippen molar-refractivity contribution in [2.24, 2.45) is 33.7 Å². The van der Waals surface area contributed by atoms with Gasteiger partial charge in [0.15, 0.2) is 12.0 Å². The number of hydrogen-bond donors (Lipinski definition) is 1. The Kier molecular flexibility index (Phi) is 4.54. The van der Waals surface area contributed by atoms with E-state index in [2.05, 4.69) is 30.1 Å². The van der Waals surface area contributed by atoms with Crippen LogP contribution < -0.4 is 5.32 Å². The number of carbonyl (C=O) groups is 1. The molecule has 0 aromatic carbocycles. The molecule has 5 unspecified atom stereocenters. The van der Waals surface area contributed by atoms with Gasteiger partial charge in [0.1, 0.15) is 6.10 Å². The molecule has 1 aliphatic heterocycles. The van der Waals surface area contributed by atoms with Crippen molar-refractivity contribution >= 4 is 11.5 Å². The Morgan fingerprint density at radius 2 is 2.07 bits per heavy atom. The molecule has 1 N–H and O–H groups in total. The maximum Gasteiger partial charge on any atom is 0.173 e. The van der Waals surface area contributed by atoms with Crippen molar-refractivity contribution in [1.29, 1.82) is 0 Å². The van der Waals surface area contributed by atoms with E-state index in [1.165, 1.54) is 5.57 Å². The normalized spacial score (nSPS) is 48.2. The summed E-state index contributed by atoms with van der Waals surface area (Å²) in [6, 6.07) is 0. The molecule has 5 rings (SSSR count). The highest BCUT2D eigenvalue weighted by Gasteiger charge is 2.62. The largest absolute Gasteiger partial charge is 0.391 e. The maximum absolute atomic E-state index is 14.4. The third kappa shape index (κ3) is 2.87. The first-order chi connectivity index (χ1) is 13.8. The van der Waals surface area contributed by atoms with Crippen LogP contribution in [0.25, 0.3) is 0 Å². The number of allylic oxidation sites excluding steroid dienone is 3. The molecule has 0 radical (unpaired) electrons. The minimum absolute atomic E-state index is 0.0483. The zero-order chi connectivity index (χ0) is 20.4. The van der Waals surface area contributed by atoms with Crippen molar-refractivity contribution in [2.75, 3.05) is 13.1 Å². The summed E-state index contributed by atoms with van der Waals surface area (Å²) < 4.78 is 14.4. The van der Waals surface area contributed by atoms with Gasteiger partial charge in [-0.1, -0.05) is 31.2 Å². The molecule has 7 atom stereocenters. The fourth-order valence-electron chi connectivity index (χ4n) is 7.26. The number of rotatable bonds is 2. The zero-order valence-electron chi connectivity index (χ0n) is 17.7. The van der Waals surface area contributed by atoms with E-state index in [1.54, 1.807) is 0 Å². The number of fused-ring (bicyclic) bond motifs is 5. The molecule has 0 spiro atoms. The lowest BCUT2D eigenvalue weighted by Gasteiger charge is -2.57. The summed E-state index contributed by atoms with van der Waals surface area (Å²) in [5, 5.41) is 7.78. The van der Waals surface area contributed by atoms with Crippen LogP contribution in [0.15, 0.2) is 29.0 Å². The van der Waals surface area contributed by atoms with Crippen LogP contribution in [0.4, 0.5) is 4.39 Å². The van der Waals surface area contributed by atoms with Gasteiger partial charge in [-0.15, -0.1) is 0 Å². The average Bonchev–Trinajstić information content (AvgIpc) is 3.29. The first-order valence-corrected chi connectivity index (χ1v) is 11.3. The number of alkyl halides is 1. The Balaban J connectivity index is 1.41. The van der Waals surface area contributed by atoms with Crippen LogP contribution in [-0.4, -0.2) is 36.9 Å². The molecule has 4 fully saturated rings. The van der Waals surface area contributed by atoms with Crippen LogP contribution >= 0.6 is 0 Å². The Morgan fingerprint density at radius 1 is 1.24 bits per heavy atom. The topological polar surface area (TPSA) is 50.7 Å². The van der Waals surface area contributed by atoms with Crippen molar-refractivity contribution in [2.45, 2.75) is 71.1 Å². The smallest absolute Gasteiger partial charge is 0.173 e. The van der Waals surface area contributed by atoms with E-state index in [1.807, 2.05) is 6.92 Å². The lowest BCUT2D eigenvalue weighted by atomic mass is 9.47. The van der Waals surface area contributed by atoms with Gasteiger partial charge in [0.05, 0.1) is 5.71 Å². The summed E-state index contributed by atoms with van der Waals surface area (Å²) in [6.45, 7) is 10.7. The quantitative estimate of drug-likeness (QED) is 0.701. The highest BCUT2D eigenvalue weighted by molar-refractivity contribution is 5.97.